The molecule has 64 heavy (non-hydrogen) atoms. The molecule has 0 fully saturated rings. The molecular weight excluding hydrogens is 1050 g/mol. The zero-order valence-electron chi connectivity index (χ0n) is 34.9. The third kappa shape index (κ3) is 16.2. The molecule has 0 bridgehead atoms. The van der Waals surface area contributed by atoms with E-state index in [0.717, 1.165) is 0 Å². The first-order valence-electron chi connectivity index (χ1n) is 17.7. The summed E-state index contributed by atoms with van der Waals surface area (Å²) in [6.45, 7) is 2.29. The van der Waals surface area contributed by atoms with Crippen molar-refractivity contribution in [2.45, 2.75) is 26.0 Å². The number of hydrogen-bond acceptors (Lipinski definition) is 12. The summed E-state index contributed by atoms with van der Waals surface area (Å²) in [4.78, 5) is 46.4. The van der Waals surface area contributed by atoms with Crippen LogP contribution in [0.5, 0.6) is 23.0 Å². The third-order valence-corrected chi connectivity index (χ3v) is 10.4. The van der Waals surface area contributed by atoms with E-state index in [0.29, 0.717) is 73.8 Å². The van der Waals surface area contributed by atoms with Gasteiger partial charge < -0.3 is 45.0 Å². The van der Waals surface area contributed by atoms with Crippen molar-refractivity contribution < 1.29 is 97.0 Å². The molecule has 0 spiro atoms. The maximum atomic E-state index is 13.5. The van der Waals surface area contributed by atoms with Crippen LogP contribution in [0.3, 0.4) is 0 Å². The second-order valence-corrected chi connectivity index (χ2v) is 14.8. The number of nitrogen functional groups attached to an aromatic ring is 1. The first kappa shape index (κ1) is 59.5. The van der Waals surface area contributed by atoms with Gasteiger partial charge in [0.1, 0.15) is 34.1 Å². The number of amides is 2. The molecule has 13 nitrogen and oxygen atoms in total. The van der Waals surface area contributed by atoms with Crippen molar-refractivity contribution in [3.05, 3.63) is 99.2 Å². The van der Waals surface area contributed by atoms with E-state index in [4.69, 9.17) is 24.7 Å². The van der Waals surface area contributed by atoms with Crippen LogP contribution in [-0.4, -0.2) is 82.4 Å². The number of rotatable bonds is 9. The Morgan fingerprint density at radius 3 is 1.91 bits per heavy atom. The number of aldehydes is 1. The number of carbonyl (C=O) groups is 4. The van der Waals surface area contributed by atoms with Crippen LogP contribution in [0.2, 0.25) is 0 Å². The number of halogens is 5. The predicted molar refractivity (Wildman–Crippen MR) is 240 cm³/mol. The number of ether oxygens (including phenoxy) is 5. The van der Waals surface area contributed by atoms with Gasteiger partial charge in [0.2, 0.25) is 11.8 Å². The Hall–Kier alpha value is -4.46. The minimum absolute atomic E-state index is 0. The van der Waals surface area contributed by atoms with Gasteiger partial charge >= 0.3 is 5.97 Å². The summed E-state index contributed by atoms with van der Waals surface area (Å²) in [5.41, 5.74) is 7.91. The summed E-state index contributed by atoms with van der Waals surface area (Å²) >= 11 is 6.01. The summed E-state index contributed by atoms with van der Waals surface area (Å²) < 4.78 is 77.4. The van der Waals surface area contributed by atoms with Crippen molar-refractivity contribution in [1.82, 2.24) is 4.98 Å². The number of methoxy groups -OCH3 is 4. The second-order valence-electron chi connectivity index (χ2n) is 12.2. The van der Waals surface area contributed by atoms with E-state index >= 15 is 0 Å². The number of H-pyrrole nitrogens is 1. The molecule has 0 aliphatic carbocycles. The van der Waals surface area contributed by atoms with Crippen LogP contribution in [0.1, 0.15) is 41.1 Å². The second kappa shape index (κ2) is 29.2. The molecule has 2 aliphatic rings. The topological polar surface area (TPSA) is 180 Å². The van der Waals surface area contributed by atoms with E-state index in [1.807, 2.05) is 12.5 Å². The molecule has 5 aromatic rings. The van der Waals surface area contributed by atoms with Gasteiger partial charge in [-0.05, 0) is 71.3 Å². The van der Waals surface area contributed by atoms with Crippen LogP contribution >= 0.6 is 39.5 Å². The molecule has 349 valence electrons. The first-order chi connectivity index (χ1) is 29.1. The van der Waals surface area contributed by atoms with Crippen LogP contribution in [0, 0.1) is 23.3 Å². The average Bonchev–Trinajstić information content (AvgIpc) is 3.90. The molecule has 2 aliphatic heterocycles. The Morgan fingerprint density at radius 1 is 0.828 bits per heavy atom. The Kier molecular flexibility index (Phi) is 27.1. The van der Waals surface area contributed by atoms with Gasteiger partial charge in [-0.1, -0.05) is 7.43 Å². The van der Waals surface area contributed by atoms with Crippen molar-refractivity contribution in [3.8, 4) is 23.0 Å². The van der Waals surface area contributed by atoms with E-state index in [1.54, 1.807) is 31.2 Å². The minimum atomic E-state index is -0.450. The number of carbonyl (C=O) groups excluding carboxylic acids is 4. The fourth-order valence-electron chi connectivity index (χ4n) is 5.42. The van der Waals surface area contributed by atoms with E-state index in [9.17, 15) is 36.7 Å². The van der Waals surface area contributed by atoms with E-state index in [1.165, 1.54) is 82.3 Å². The molecule has 4 aromatic carbocycles. The molecule has 0 saturated heterocycles. The number of aromatic amines is 1. The van der Waals surface area contributed by atoms with Gasteiger partial charge in [-0.25, -0.2) is 17.6 Å². The molecular formula is C42H47BrCuF4N4O9S2Zn. The average molecular weight is 1100 g/mol. The van der Waals surface area contributed by atoms with Crippen LogP contribution in [0.15, 0.2) is 59.2 Å². The van der Waals surface area contributed by atoms with Crippen LogP contribution in [0.25, 0.3) is 10.9 Å². The number of nitrogens with one attached hydrogen (secondary N) is 3. The third-order valence-electron chi connectivity index (χ3n) is 8.28. The molecule has 22 heteroatoms. The molecule has 1 atom stereocenters. The molecule has 0 saturated carbocycles. The Labute approximate surface area is 408 Å². The van der Waals surface area contributed by atoms with E-state index in [-0.39, 0.29) is 90.5 Å². The van der Waals surface area contributed by atoms with Crippen molar-refractivity contribution in [2.24, 2.45) is 0 Å². The van der Waals surface area contributed by atoms with Gasteiger partial charge in [-0.2, -0.15) is 11.8 Å². The number of benzene rings is 4. The summed E-state index contributed by atoms with van der Waals surface area (Å²) in [6, 6.07) is 13.1. The summed E-state index contributed by atoms with van der Waals surface area (Å²) in [7, 11) is 5.86. The van der Waals surface area contributed by atoms with Gasteiger partial charge in [0, 0.05) is 71.8 Å². The van der Waals surface area contributed by atoms with Crippen molar-refractivity contribution in [3.63, 3.8) is 0 Å². The number of esters is 1. The fourth-order valence-corrected chi connectivity index (χ4v) is 6.95. The Balaban J connectivity index is 0.000000780. The minimum Gasteiger partial charge on any atom is -0.497 e. The Morgan fingerprint density at radius 2 is 1.38 bits per heavy atom. The van der Waals surface area contributed by atoms with Gasteiger partial charge in [-0.15, -0.1) is 11.8 Å². The summed E-state index contributed by atoms with van der Waals surface area (Å²) in [5, 5.41) is 5.14. The van der Waals surface area contributed by atoms with E-state index in [2.05, 4.69) is 36.3 Å². The number of aromatic nitrogens is 1. The predicted octanol–water partition coefficient (Wildman–Crippen LogP) is 9.37. The standard InChI is InChI=1S/C10H7BrFNO2.C10H10FNO2S.C9H8FNO2.C7H8FNO.C5H10O2S.CH4.Cu.Zn/c1-15-5-2-6-7(4-14)10(11)13-9(6)8(12)3-5;1-14-5-3-6-8(7(11)4-5)12-10(13)9(6)15-2;1-13-6-2-5-3-8(12)11-9(5)7(10)4-6;1-10-5-2-3-7(9)6(8)4-5;1-3-7-5(6)4-8-2;;;/h2-4,13H,1H3;3-4,9H,1-2H3,(H,12,13);2,4H,3H2,1H3,(H,11,12);2-4H,9H2,1H3;3-4H2,1-2H3;1H4;;. The molecule has 1 aromatic heterocycles. The maximum Gasteiger partial charge on any atom is 0.315 e. The number of thioether (sulfide) groups is 2. The first-order valence-corrected chi connectivity index (χ1v) is 21.2. The van der Waals surface area contributed by atoms with E-state index < -0.39 is 23.3 Å². The smallest absolute Gasteiger partial charge is 0.315 e. The number of hydrogen-bond donors (Lipinski definition) is 4. The van der Waals surface area contributed by atoms with Crippen molar-refractivity contribution in [1.29, 1.82) is 0 Å². The molecule has 5 N–H and O–H groups in total. The molecule has 7 rings (SSSR count). The largest absolute Gasteiger partial charge is 0.497 e. The van der Waals surface area contributed by atoms with Gasteiger partial charge in [0.05, 0.1) is 80.0 Å². The quantitative estimate of drug-likeness (QED) is 0.0362. The molecule has 2 amide bonds. The van der Waals surface area contributed by atoms with Crippen LogP contribution < -0.4 is 35.3 Å². The Bertz CT molecular complexity index is 2360. The van der Waals surface area contributed by atoms with Crippen LogP contribution in [-0.2, 0) is 62.1 Å². The summed E-state index contributed by atoms with van der Waals surface area (Å²) in [5.74, 6) is -0.0667. The molecule has 1 radical (unpaired) electrons. The van der Waals surface area contributed by atoms with Crippen molar-refractivity contribution in [2.75, 3.05) is 69.7 Å². The maximum absolute atomic E-state index is 13.5. The van der Waals surface area contributed by atoms with Gasteiger partial charge in [0.15, 0.2) is 23.7 Å². The van der Waals surface area contributed by atoms with Crippen molar-refractivity contribution >= 4 is 91.5 Å². The number of nitrogens with two attached hydrogens (primary N) is 1. The fraction of sp³-hybridized carbons (Fsp3) is 0.286. The SMILES string of the molecule is C.CCOC(=O)CSC.COc1cc(F)c2[nH]c(Br)c(C=O)c2c1.COc1cc(F)c2c(c1)C(SC)C(=O)N2.COc1cc(F)c2c(c1)CC(=O)N2.COc1ccc(N)c(F)c1.[Cu].[Zn]. The zero-order valence-corrected chi connectivity index (χ0v) is 42.1. The number of anilines is 3. The molecule has 1 unspecified atom stereocenters. The summed E-state index contributed by atoms with van der Waals surface area (Å²) in [6.07, 6.45) is 4.58. The van der Waals surface area contributed by atoms with Gasteiger partial charge in [-0.3, -0.25) is 19.2 Å². The van der Waals surface area contributed by atoms with Gasteiger partial charge in [0.25, 0.3) is 0 Å². The normalized spacial score (nSPS) is 12.2. The number of fused-ring (bicyclic) bond motifs is 3. The molecule has 3 heterocycles. The van der Waals surface area contributed by atoms with Crippen LogP contribution in [0.4, 0.5) is 34.6 Å². The monoisotopic (exact) mass is 1100 g/mol. The zero-order chi connectivity index (χ0) is 45.4.